The normalized spacial score (nSPS) is 19.4. The van der Waals surface area contributed by atoms with Crippen LogP contribution in [0.15, 0.2) is 0 Å². The van der Waals surface area contributed by atoms with Gasteiger partial charge in [-0.05, 0) is 26.7 Å². The number of methoxy groups -OCH3 is 1. The standard InChI is InChI=1S/C12H21NO4/c1-9(2)13(8-12(15)16-3)11(14)7-10-5-4-6-17-10/h9-10H,4-8H2,1-3H3/t10-/m0/s1. The summed E-state index contributed by atoms with van der Waals surface area (Å²) < 4.78 is 10.0. The van der Waals surface area contributed by atoms with Crippen molar-refractivity contribution in [3.05, 3.63) is 0 Å². The summed E-state index contributed by atoms with van der Waals surface area (Å²) in [4.78, 5) is 24.8. The molecule has 1 amide bonds. The van der Waals surface area contributed by atoms with Gasteiger partial charge in [0.1, 0.15) is 6.54 Å². The van der Waals surface area contributed by atoms with Gasteiger partial charge in [0, 0.05) is 12.6 Å². The molecule has 0 aromatic rings. The Hall–Kier alpha value is -1.10. The third-order valence-corrected chi connectivity index (χ3v) is 2.90. The van der Waals surface area contributed by atoms with Gasteiger partial charge in [0.25, 0.3) is 0 Å². The van der Waals surface area contributed by atoms with Gasteiger partial charge in [-0.25, -0.2) is 0 Å². The summed E-state index contributed by atoms with van der Waals surface area (Å²) in [5.41, 5.74) is 0. The lowest BCUT2D eigenvalue weighted by Gasteiger charge is -2.26. The van der Waals surface area contributed by atoms with Crippen LogP contribution >= 0.6 is 0 Å². The van der Waals surface area contributed by atoms with Crippen LogP contribution in [-0.2, 0) is 19.1 Å². The Labute approximate surface area is 102 Å². The predicted molar refractivity (Wildman–Crippen MR) is 62.5 cm³/mol. The van der Waals surface area contributed by atoms with Crippen LogP contribution in [-0.4, -0.2) is 49.2 Å². The second kappa shape index (κ2) is 6.59. The molecule has 0 N–H and O–H groups in total. The van der Waals surface area contributed by atoms with E-state index in [0.717, 1.165) is 19.4 Å². The van der Waals surface area contributed by atoms with Crippen molar-refractivity contribution in [1.29, 1.82) is 0 Å². The topological polar surface area (TPSA) is 55.8 Å². The highest BCUT2D eigenvalue weighted by atomic mass is 16.5. The van der Waals surface area contributed by atoms with Gasteiger partial charge in [-0.3, -0.25) is 9.59 Å². The summed E-state index contributed by atoms with van der Waals surface area (Å²) in [6.07, 6.45) is 2.31. The molecule has 17 heavy (non-hydrogen) atoms. The molecule has 0 unspecified atom stereocenters. The quantitative estimate of drug-likeness (QED) is 0.675. The maximum Gasteiger partial charge on any atom is 0.325 e. The van der Waals surface area contributed by atoms with Crippen LogP contribution < -0.4 is 0 Å². The number of carbonyl (C=O) groups is 2. The van der Waals surface area contributed by atoms with Crippen LogP contribution in [0.5, 0.6) is 0 Å². The van der Waals surface area contributed by atoms with Crippen LogP contribution in [0.2, 0.25) is 0 Å². The number of hydrogen-bond acceptors (Lipinski definition) is 4. The van der Waals surface area contributed by atoms with Crippen LogP contribution in [0.1, 0.15) is 33.1 Å². The Morgan fingerprint density at radius 1 is 1.47 bits per heavy atom. The van der Waals surface area contributed by atoms with Crippen LogP contribution in [0.4, 0.5) is 0 Å². The number of hydrogen-bond donors (Lipinski definition) is 0. The maximum absolute atomic E-state index is 12.0. The minimum atomic E-state index is -0.389. The fourth-order valence-corrected chi connectivity index (χ4v) is 1.88. The molecule has 0 aromatic heterocycles. The lowest BCUT2D eigenvalue weighted by Crippen LogP contribution is -2.42. The van der Waals surface area contributed by atoms with Crippen molar-refractivity contribution >= 4 is 11.9 Å². The van der Waals surface area contributed by atoms with Gasteiger partial charge >= 0.3 is 5.97 Å². The smallest absolute Gasteiger partial charge is 0.325 e. The monoisotopic (exact) mass is 243 g/mol. The summed E-state index contributed by atoms with van der Waals surface area (Å²) in [5.74, 6) is -0.434. The van der Waals surface area contributed by atoms with E-state index >= 15 is 0 Å². The van der Waals surface area contributed by atoms with Gasteiger partial charge in [-0.1, -0.05) is 0 Å². The molecule has 1 saturated heterocycles. The molecule has 0 aliphatic carbocycles. The number of rotatable bonds is 5. The molecule has 5 heteroatoms. The Morgan fingerprint density at radius 3 is 2.65 bits per heavy atom. The van der Waals surface area contributed by atoms with E-state index in [1.807, 2.05) is 13.8 Å². The predicted octanol–water partition coefficient (Wildman–Crippen LogP) is 0.965. The SMILES string of the molecule is COC(=O)CN(C(=O)C[C@@H]1CCCO1)C(C)C. The van der Waals surface area contributed by atoms with E-state index in [-0.39, 0.29) is 30.6 Å². The molecular weight excluding hydrogens is 222 g/mol. The summed E-state index contributed by atoms with van der Waals surface area (Å²) in [7, 11) is 1.32. The number of esters is 1. The molecule has 0 radical (unpaired) electrons. The summed E-state index contributed by atoms with van der Waals surface area (Å²) in [6, 6.07) is -0.0111. The second-order valence-electron chi connectivity index (χ2n) is 4.53. The fourth-order valence-electron chi connectivity index (χ4n) is 1.88. The van der Waals surface area contributed by atoms with E-state index in [0.29, 0.717) is 6.42 Å². The Kier molecular flexibility index (Phi) is 5.41. The Bertz CT molecular complexity index is 272. The highest BCUT2D eigenvalue weighted by molar-refractivity contribution is 5.82. The molecule has 98 valence electrons. The summed E-state index contributed by atoms with van der Waals surface area (Å²) in [6.45, 7) is 4.52. The van der Waals surface area contributed by atoms with E-state index in [4.69, 9.17) is 4.74 Å². The molecule has 0 spiro atoms. The van der Waals surface area contributed by atoms with Gasteiger partial charge in [-0.15, -0.1) is 0 Å². The second-order valence-corrected chi connectivity index (χ2v) is 4.53. The van der Waals surface area contributed by atoms with Crippen LogP contribution in [0.25, 0.3) is 0 Å². The van der Waals surface area contributed by atoms with Gasteiger partial charge < -0.3 is 14.4 Å². The first-order valence-corrected chi connectivity index (χ1v) is 6.02. The molecule has 1 aliphatic heterocycles. The first kappa shape index (κ1) is 14.0. The lowest BCUT2D eigenvalue weighted by molar-refractivity contribution is -0.149. The van der Waals surface area contributed by atoms with Crippen molar-refractivity contribution < 1.29 is 19.1 Å². The number of ether oxygens (including phenoxy) is 2. The van der Waals surface area contributed by atoms with Crippen LogP contribution in [0.3, 0.4) is 0 Å². The highest BCUT2D eigenvalue weighted by Gasteiger charge is 2.25. The first-order valence-electron chi connectivity index (χ1n) is 6.02. The van der Waals surface area contributed by atoms with Crippen molar-refractivity contribution in [2.45, 2.75) is 45.3 Å². The Balaban J connectivity index is 2.50. The molecule has 1 fully saturated rings. The molecule has 1 rings (SSSR count). The molecule has 5 nitrogen and oxygen atoms in total. The lowest BCUT2D eigenvalue weighted by atomic mass is 10.1. The molecule has 0 saturated carbocycles. The molecule has 1 aliphatic rings. The zero-order valence-electron chi connectivity index (χ0n) is 10.8. The van der Waals surface area contributed by atoms with Crippen molar-refractivity contribution in [1.82, 2.24) is 4.90 Å². The summed E-state index contributed by atoms with van der Waals surface area (Å²) >= 11 is 0. The van der Waals surface area contributed by atoms with E-state index < -0.39 is 0 Å². The first-order chi connectivity index (χ1) is 8.04. The third-order valence-electron chi connectivity index (χ3n) is 2.90. The van der Waals surface area contributed by atoms with E-state index in [1.165, 1.54) is 12.0 Å². The molecule has 0 aromatic carbocycles. The number of carbonyl (C=O) groups excluding carboxylic acids is 2. The zero-order chi connectivity index (χ0) is 12.8. The minimum absolute atomic E-state index is 0.0111. The maximum atomic E-state index is 12.0. The van der Waals surface area contributed by atoms with Crippen molar-refractivity contribution in [3.8, 4) is 0 Å². The average molecular weight is 243 g/mol. The van der Waals surface area contributed by atoms with E-state index in [1.54, 1.807) is 0 Å². The van der Waals surface area contributed by atoms with Gasteiger partial charge in [0.05, 0.1) is 19.6 Å². The van der Waals surface area contributed by atoms with Crippen molar-refractivity contribution in [3.63, 3.8) is 0 Å². The molecule has 1 atom stereocenters. The minimum Gasteiger partial charge on any atom is -0.468 e. The Morgan fingerprint density at radius 2 is 2.18 bits per heavy atom. The fraction of sp³-hybridized carbons (Fsp3) is 0.833. The van der Waals surface area contributed by atoms with Gasteiger partial charge in [-0.2, -0.15) is 0 Å². The highest BCUT2D eigenvalue weighted by Crippen LogP contribution is 2.17. The van der Waals surface area contributed by atoms with Gasteiger partial charge in [0.15, 0.2) is 0 Å². The van der Waals surface area contributed by atoms with E-state index in [9.17, 15) is 9.59 Å². The largest absolute Gasteiger partial charge is 0.468 e. The van der Waals surface area contributed by atoms with E-state index in [2.05, 4.69) is 4.74 Å². The van der Waals surface area contributed by atoms with Crippen LogP contribution in [0, 0.1) is 0 Å². The molecule has 0 bridgehead atoms. The summed E-state index contributed by atoms with van der Waals surface area (Å²) in [5, 5.41) is 0. The zero-order valence-corrected chi connectivity index (χ0v) is 10.8. The molecule has 1 heterocycles. The van der Waals surface area contributed by atoms with Crippen molar-refractivity contribution in [2.24, 2.45) is 0 Å². The number of nitrogens with zero attached hydrogens (tertiary/aromatic N) is 1. The average Bonchev–Trinajstić information content (AvgIpc) is 2.77. The number of amides is 1. The van der Waals surface area contributed by atoms with Crippen molar-refractivity contribution in [2.75, 3.05) is 20.3 Å². The third kappa shape index (κ3) is 4.34. The van der Waals surface area contributed by atoms with Gasteiger partial charge in [0.2, 0.25) is 5.91 Å². The molecular formula is C12H21NO4.